The molecule has 0 aliphatic heterocycles. The van der Waals surface area contributed by atoms with Gasteiger partial charge in [-0.1, -0.05) is 47.5 Å². The summed E-state index contributed by atoms with van der Waals surface area (Å²) in [5, 5.41) is 12.7. The van der Waals surface area contributed by atoms with Crippen molar-refractivity contribution < 1.29 is 4.79 Å². The zero-order chi connectivity index (χ0) is 22.8. The van der Waals surface area contributed by atoms with Crippen LogP contribution in [0.25, 0.3) is 0 Å². The molecule has 9 heteroatoms. The van der Waals surface area contributed by atoms with Crippen molar-refractivity contribution in [2.75, 3.05) is 5.32 Å². The van der Waals surface area contributed by atoms with Gasteiger partial charge in [0.2, 0.25) is 0 Å². The number of carbonyl (C=O) groups excluding carboxylic acids is 1. The van der Waals surface area contributed by atoms with Crippen LogP contribution in [0.3, 0.4) is 0 Å². The van der Waals surface area contributed by atoms with E-state index in [1.54, 1.807) is 23.0 Å². The summed E-state index contributed by atoms with van der Waals surface area (Å²) in [4.78, 5) is 12.7. The molecule has 0 spiro atoms. The van der Waals surface area contributed by atoms with E-state index in [-0.39, 0.29) is 5.91 Å². The standard InChI is InChI=1S/C23H20BrCl2N5O/c1-14-21(24)15(2)31(28-14)12-17-3-7-18(8-4-17)23(32)27-22-20(26)13-30(29-22)11-16-5-9-19(25)10-6-16/h3-10,13H,11-12H2,1-2H3,(H,27,29,32). The van der Waals surface area contributed by atoms with E-state index in [2.05, 4.69) is 31.4 Å². The monoisotopic (exact) mass is 531 g/mol. The van der Waals surface area contributed by atoms with E-state index in [9.17, 15) is 4.79 Å². The Morgan fingerprint density at radius 1 is 0.969 bits per heavy atom. The van der Waals surface area contributed by atoms with Crippen molar-refractivity contribution in [1.82, 2.24) is 19.6 Å². The summed E-state index contributed by atoms with van der Waals surface area (Å²) < 4.78 is 4.62. The maximum atomic E-state index is 12.7. The van der Waals surface area contributed by atoms with E-state index in [1.165, 1.54) is 0 Å². The summed E-state index contributed by atoms with van der Waals surface area (Å²) in [6.45, 7) is 5.12. The number of anilines is 1. The topological polar surface area (TPSA) is 64.7 Å². The number of aromatic nitrogens is 4. The molecule has 164 valence electrons. The number of halogens is 3. The first kappa shape index (κ1) is 22.6. The second kappa shape index (κ2) is 9.48. The molecule has 1 N–H and O–H groups in total. The second-order valence-corrected chi connectivity index (χ2v) is 9.08. The average molecular weight is 533 g/mol. The van der Waals surface area contributed by atoms with E-state index in [1.807, 2.05) is 54.9 Å². The van der Waals surface area contributed by atoms with Crippen molar-refractivity contribution >= 4 is 50.9 Å². The molecule has 4 aromatic rings. The predicted octanol–water partition coefficient (Wildman–Crippen LogP) is 6.11. The number of nitrogens with one attached hydrogen (secondary N) is 1. The molecular weight excluding hydrogens is 513 g/mol. The second-order valence-electron chi connectivity index (χ2n) is 7.44. The number of hydrogen-bond donors (Lipinski definition) is 1. The van der Waals surface area contributed by atoms with E-state index in [4.69, 9.17) is 23.2 Å². The molecule has 0 bridgehead atoms. The van der Waals surface area contributed by atoms with Gasteiger partial charge in [0.15, 0.2) is 5.82 Å². The molecule has 0 aliphatic rings. The molecule has 0 saturated heterocycles. The molecule has 2 heterocycles. The minimum absolute atomic E-state index is 0.274. The fourth-order valence-corrected chi connectivity index (χ4v) is 3.89. The Kier molecular flexibility index (Phi) is 6.69. The number of carbonyl (C=O) groups is 1. The van der Waals surface area contributed by atoms with Gasteiger partial charge in [-0.25, -0.2) is 0 Å². The van der Waals surface area contributed by atoms with Crippen LogP contribution in [0.4, 0.5) is 5.82 Å². The van der Waals surface area contributed by atoms with Gasteiger partial charge in [-0.05, 0) is 65.2 Å². The van der Waals surface area contributed by atoms with Gasteiger partial charge in [0.05, 0.1) is 29.0 Å². The highest BCUT2D eigenvalue weighted by molar-refractivity contribution is 9.10. The van der Waals surface area contributed by atoms with Crippen LogP contribution in [0.1, 0.15) is 32.9 Å². The molecule has 0 saturated carbocycles. The first-order valence-corrected chi connectivity index (χ1v) is 11.4. The van der Waals surface area contributed by atoms with Gasteiger partial charge in [0.25, 0.3) is 5.91 Å². The molecule has 0 fully saturated rings. The number of rotatable bonds is 6. The van der Waals surface area contributed by atoms with Crippen LogP contribution in [0, 0.1) is 13.8 Å². The molecular formula is C23H20BrCl2N5O. The van der Waals surface area contributed by atoms with Gasteiger partial charge >= 0.3 is 0 Å². The Labute approximate surface area is 204 Å². The molecule has 0 unspecified atom stereocenters. The Balaban J connectivity index is 1.42. The zero-order valence-corrected chi connectivity index (χ0v) is 20.5. The van der Waals surface area contributed by atoms with Crippen molar-refractivity contribution in [2.24, 2.45) is 0 Å². The Morgan fingerprint density at radius 3 is 2.22 bits per heavy atom. The zero-order valence-electron chi connectivity index (χ0n) is 17.4. The molecule has 6 nitrogen and oxygen atoms in total. The van der Waals surface area contributed by atoms with Crippen LogP contribution in [0.2, 0.25) is 10.0 Å². The minimum Gasteiger partial charge on any atom is -0.304 e. The SMILES string of the molecule is Cc1nn(Cc2ccc(C(=O)Nc3nn(Cc4ccc(Cl)cc4)cc3Cl)cc2)c(C)c1Br. The molecule has 32 heavy (non-hydrogen) atoms. The van der Waals surface area contributed by atoms with Crippen LogP contribution in [-0.2, 0) is 13.1 Å². The van der Waals surface area contributed by atoms with Gasteiger partial charge in [-0.15, -0.1) is 0 Å². The predicted molar refractivity (Wildman–Crippen MR) is 131 cm³/mol. The van der Waals surface area contributed by atoms with E-state index in [0.717, 1.165) is 27.0 Å². The summed E-state index contributed by atoms with van der Waals surface area (Å²) >= 11 is 15.8. The number of nitrogens with zero attached hydrogens (tertiary/aromatic N) is 4. The van der Waals surface area contributed by atoms with Crippen molar-refractivity contribution in [3.05, 3.63) is 97.3 Å². The van der Waals surface area contributed by atoms with Crippen molar-refractivity contribution in [1.29, 1.82) is 0 Å². The first-order valence-electron chi connectivity index (χ1n) is 9.87. The number of aryl methyl sites for hydroxylation is 1. The highest BCUT2D eigenvalue weighted by atomic mass is 79.9. The van der Waals surface area contributed by atoms with Crippen molar-refractivity contribution in [2.45, 2.75) is 26.9 Å². The normalized spacial score (nSPS) is 11.0. The largest absolute Gasteiger partial charge is 0.304 e. The molecule has 2 aromatic heterocycles. The van der Waals surface area contributed by atoms with E-state index >= 15 is 0 Å². The van der Waals surface area contributed by atoms with Gasteiger partial charge in [-0.3, -0.25) is 14.2 Å². The summed E-state index contributed by atoms with van der Waals surface area (Å²) in [5.74, 6) is 0.0475. The average Bonchev–Trinajstić information content (AvgIpc) is 3.23. The van der Waals surface area contributed by atoms with E-state index in [0.29, 0.717) is 34.5 Å². The van der Waals surface area contributed by atoms with Crippen LogP contribution in [0.5, 0.6) is 0 Å². The first-order chi connectivity index (χ1) is 15.3. The molecule has 0 aliphatic carbocycles. The highest BCUT2D eigenvalue weighted by Gasteiger charge is 2.14. The Bertz CT molecular complexity index is 1260. The van der Waals surface area contributed by atoms with Gasteiger partial charge in [0, 0.05) is 16.8 Å². The third-order valence-corrected chi connectivity index (χ3v) is 6.72. The molecule has 2 aromatic carbocycles. The molecule has 0 atom stereocenters. The fourth-order valence-electron chi connectivity index (χ4n) is 3.28. The lowest BCUT2D eigenvalue weighted by atomic mass is 10.1. The van der Waals surface area contributed by atoms with Gasteiger partial charge in [0.1, 0.15) is 5.02 Å². The lowest BCUT2D eigenvalue weighted by Gasteiger charge is -2.07. The Hall–Kier alpha value is -2.61. The van der Waals surface area contributed by atoms with Crippen molar-refractivity contribution in [3.8, 4) is 0 Å². The summed E-state index contributed by atoms with van der Waals surface area (Å²) in [7, 11) is 0. The Morgan fingerprint density at radius 2 is 1.59 bits per heavy atom. The van der Waals surface area contributed by atoms with Crippen molar-refractivity contribution in [3.63, 3.8) is 0 Å². The number of benzene rings is 2. The van der Waals surface area contributed by atoms with Crippen LogP contribution in [0.15, 0.2) is 59.2 Å². The third kappa shape index (κ3) is 5.06. The third-order valence-electron chi connectivity index (χ3n) is 5.05. The summed E-state index contributed by atoms with van der Waals surface area (Å²) in [6.07, 6.45) is 1.68. The molecule has 1 amide bonds. The number of hydrogen-bond acceptors (Lipinski definition) is 3. The van der Waals surface area contributed by atoms with Crippen LogP contribution in [-0.4, -0.2) is 25.5 Å². The maximum absolute atomic E-state index is 12.7. The summed E-state index contributed by atoms with van der Waals surface area (Å²) in [6, 6.07) is 14.9. The minimum atomic E-state index is -0.274. The fraction of sp³-hybridized carbons (Fsp3) is 0.174. The molecule has 4 rings (SSSR count). The lowest BCUT2D eigenvalue weighted by molar-refractivity contribution is 0.102. The van der Waals surface area contributed by atoms with Gasteiger partial charge in [-0.2, -0.15) is 10.2 Å². The van der Waals surface area contributed by atoms with Crippen LogP contribution >= 0.6 is 39.1 Å². The van der Waals surface area contributed by atoms with Gasteiger partial charge < -0.3 is 5.32 Å². The highest BCUT2D eigenvalue weighted by Crippen LogP contribution is 2.22. The van der Waals surface area contributed by atoms with E-state index < -0.39 is 0 Å². The maximum Gasteiger partial charge on any atom is 0.256 e. The smallest absolute Gasteiger partial charge is 0.256 e. The number of amides is 1. The quantitative estimate of drug-likeness (QED) is 0.325. The summed E-state index contributed by atoms with van der Waals surface area (Å²) in [5.41, 5.74) is 4.60. The molecule has 0 radical (unpaired) electrons. The lowest BCUT2D eigenvalue weighted by Crippen LogP contribution is -2.13. The van der Waals surface area contributed by atoms with Crippen LogP contribution < -0.4 is 5.32 Å².